The monoisotopic (exact) mass is 473 g/mol. The van der Waals surface area contributed by atoms with Gasteiger partial charge in [-0.05, 0) is 85.7 Å². The molecular weight excluding hydrogens is 438 g/mol. The molecule has 0 atom stereocenters. The molecule has 0 unspecified atom stereocenters. The highest BCUT2D eigenvalue weighted by Crippen LogP contribution is 2.49. The summed E-state index contributed by atoms with van der Waals surface area (Å²) in [6, 6.07) is 17.3. The third-order valence-electron chi connectivity index (χ3n) is 7.10. The van der Waals surface area contributed by atoms with Crippen LogP contribution in [0.15, 0.2) is 54.7 Å². The van der Waals surface area contributed by atoms with Gasteiger partial charge in [-0.3, -0.25) is 9.88 Å². The van der Waals surface area contributed by atoms with Crippen LogP contribution in [0, 0.1) is 0 Å². The number of ether oxygens (including phenoxy) is 3. The zero-order chi connectivity index (χ0) is 24.2. The van der Waals surface area contributed by atoms with Crippen LogP contribution in [-0.4, -0.2) is 50.3 Å². The van der Waals surface area contributed by atoms with Crippen LogP contribution in [0.3, 0.4) is 0 Å². The molecule has 6 nitrogen and oxygen atoms in total. The topological polar surface area (TPSA) is 55.9 Å². The highest BCUT2D eigenvalue weighted by atomic mass is 16.5. The molecule has 2 aliphatic rings. The summed E-state index contributed by atoms with van der Waals surface area (Å²) in [6.45, 7) is 3.09. The third-order valence-corrected chi connectivity index (χ3v) is 7.10. The second-order valence-electron chi connectivity index (χ2n) is 9.55. The van der Waals surface area contributed by atoms with Gasteiger partial charge in [0.1, 0.15) is 5.75 Å². The van der Waals surface area contributed by atoms with Crippen molar-refractivity contribution in [3.63, 3.8) is 0 Å². The van der Waals surface area contributed by atoms with E-state index in [1.165, 1.54) is 24.0 Å². The van der Waals surface area contributed by atoms with E-state index in [1.807, 2.05) is 24.4 Å². The molecule has 35 heavy (non-hydrogen) atoms. The first-order valence-electron chi connectivity index (χ1n) is 12.5. The van der Waals surface area contributed by atoms with Crippen LogP contribution in [0.1, 0.15) is 42.7 Å². The summed E-state index contributed by atoms with van der Waals surface area (Å²) in [5, 5.41) is 3.67. The summed E-state index contributed by atoms with van der Waals surface area (Å²) >= 11 is 0. The van der Waals surface area contributed by atoms with Gasteiger partial charge in [0.15, 0.2) is 11.5 Å². The summed E-state index contributed by atoms with van der Waals surface area (Å²) in [5.41, 5.74) is 5.76. The summed E-state index contributed by atoms with van der Waals surface area (Å²) in [4.78, 5) is 7.23. The van der Waals surface area contributed by atoms with Crippen molar-refractivity contribution in [1.82, 2.24) is 9.88 Å². The molecule has 1 aliphatic heterocycles. The quantitative estimate of drug-likeness (QED) is 0.428. The summed E-state index contributed by atoms with van der Waals surface area (Å²) in [7, 11) is 5.12. The number of likely N-dealkylation sites (tertiary alicyclic amines) is 1. The van der Waals surface area contributed by atoms with Crippen molar-refractivity contribution in [2.75, 3.05) is 39.7 Å². The van der Waals surface area contributed by atoms with Crippen molar-refractivity contribution >= 4 is 5.69 Å². The summed E-state index contributed by atoms with van der Waals surface area (Å²) in [5.74, 6) is 3.10. The zero-order valence-electron chi connectivity index (χ0n) is 20.9. The van der Waals surface area contributed by atoms with Crippen molar-refractivity contribution in [2.24, 2.45) is 0 Å². The average molecular weight is 474 g/mol. The molecule has 2 aromatic carbocycles. The molecule has 1 N–H and O–H groups in total. The van der Waals surface area contributed by atoms with Crippen LogP contribution in [0.4, 0.5) is 5.69 Å². The molecule has 5 rings (SSSR count). The Morgan fingerprint density at radius 1 is 0.886 bits per heavy atom. The highest BCUT2D eigenvalue weighted by Gasteiger charge is 2.29. The molecule has 0 bridgehead atoms. The highest BCUT2D eigenvalue weighted by molar-refractivity contribution is 5.68. The molecule has 2 fully saturated rings. The lowest BCUT2D eigenvalue weighted by molar-refractivity contribution is 0.211. The van der Waals surface area contributed by atoms with Crippen molar-refractivity contribution in [2.45, 2.75) is 44.2 Å². The first kappa shape index (κ1) is 23.5. The van der Waals surface area contributed by atoms with Crippen molar-refractivity contribution in [1.29, 1.82) is 0 Å². The molecule has 0 amide bonds. The molecule has 3 aromatic rings. The van der Waals surface area contributed by atoms with E-state index in [0.717, 1.165) is 66.7 Å². The predicted octanol–water partition coefficient (Wildman–Crippen LogP) is 5.73. The van der Waals surface area contributed by atoms with Gasteiger partial charge >= 0.3 is 0 Å². The Labute approximate surface area is 208 Å². The van der Waals surface area contributed by atoms with E-state index < -0.39 is 0 Å². The zero-order valence-corrected chi connectivity index (χ0v) is 20.9. The Bertz CT molecular complexity index is 1140. The molecule has 1 aromatic heterocycles. The minimum absolute atomic E-state index is 0.500. The van der Waals surface area contributed by atoms with Crippen molar-refractivity contribution in [3.05, 3.63) is 65.9 Å². The van der Waals surface area contributed by atoms with Gasteiger partial charge in [-0.2, -0.15) is 0 Å². The van der Waals surface area contributed by atoms with E-state index in [4.69, 9.17) is 19.2 Å². The maximum atomic E-state index is 5.68. The maximum Gasteiger partial charge on any atom is 0.164 e. The van der Waals surface area contributed by atoms with Gasteiger partial charge in [0.25, 0.3) is 0 Å². The Kier molecular flexibility index (Phi) is 7.09. The van der Waals surface area contributed by atoms with E-state index in [1.54, 1.807) is 21.3 Å². The largest absolute Gasteiger partial charge is 0.497 e. The third kappa shape index (κ3) is 5.54. The Balaban J connectivity index is 1.23. The average Bonchev–Trinajstić information content (AvgIpc) is 3.75. The summed E-state index contributed by atoms with van der Waals surface area (Å²) < 4.78 is 16.6. The Hall–Kier alpha value is -3.25. The van der Waals surface area contributed by atoms with Crippen molar-refractivity contribution < 1.29 is 14.2 Å². The lowest BCUT2D eigenvalue weighted by Crippen LogP contribution is -2.38. The predicted molar refractivity (Wildman–Crippen MR) is 140 cm³/mol. The van der Waals surface area contributed by atoms with Crippen molar-refractivity contribution in [3.8, 4) is 28.5 Å². The first-order valence-corrected chi connectivity index (χ1v) is 12.5. The number of hydrogen-bond acceptors (Lipinski definition) is 6. The number of benzene rings is 2. The number of pyridine rings is 1. The van der Waals surface area contributed by atoms with Crippen LogP contribution in [0.25, 0.3) is 11.3 Å². The number of rotatable bonds is 9. The fourth-order valence-electron chi connectivity index (χ4n) is 4.99. The lowest BCUT2D eigenvalue weighted by Gasteiger charge is -2.33. The van der Waals surface area contributed by atoms with E-state index in [-0.39, 0.29) is 0 Å². The summed E-state index contributed by atoms with van der Waals surface area (Å²) in [6.07, 6.45) is 6.60. The van der Waals surface area contributed by atoms with Crippen LogP contribution in [0.5, 0.6) is 17.2 Å². The van der Waals surface area contributed by atoms with Gasteiger partial charge in [-0.1, -0.05) is 0 Å². The molecule has 1 saturated heterocycles. The fraction of sp³-hybridized carbons (Fsp3) is 0.414. The van der Waals surface area contributed by atoms with E-state index >= 15 is 0 Å². The normalized spacial score (nSPS) is 16.7. The molecule has 1 aliphatic carbocycles. The number of nitrogens with one attached hydrogen (secondary N) is 1. The molecule has 1 saturated carbocycles. The van der Waals surface area contributed by atoms with E-state index in [9.17, 15) is 0 Å². The second-order valence-corrected chi connectivity index (χ2v) is 9.55. The molecular formula is C29H35N3O3. The van der Waals surface area contributed by atoms with Gasteiger partial charge in [-0.25, -0.2) is 0 Å². The van der Waals surface area contributed by atoms with E-state index in [2.05, 4.69) is 40.5 Å². The lowest BCUT2D eigenvalue weighted by atomic mass is 10.0. The van der Waals surface area contributed by atoms with Gasteiger partial charge in [0.05, 0.1) is 27.0 Å². The fourth-order valence-corrected chi connectivity index (χ4v) is 4.99. The minimum Gasteiger partial charge on any atom is -0.497 e. The van der Waals surface area contributed by atoms with Gasteiger partial charge < -0.3 is 19.5 Å². The Morgan fingerprint density at radius 2 is 1.66 bits per heavy atom. The van der Waals surface area contributed by atoms with Crippen LogP contribution in [-0.2, 0) is 6.54 Å². The molecule has 6 heteroatoms. The standard InChI is InChI=1S/C29H35N3O3/c1-33-25-8-6-23(7-9-25)31-24-11-14-32(15-12-24)19-20-10-13-30-27(16-20)22-17-26(21-4-5-21)29(35-3)28(18-22)34-2/h6-10,13,16-18,21,24,31H,4-5,11-12,14-15,19H2,1-3H3. The first-order chi connectivity index (χ1) is 17.2. The SMILES string of the molecule is COc1ccc(NC2CCN(Cc3ccnc(-c4cc(OC)c(OC)c(C5CC5)c4)c3)CC2)cc1. The minimum atomic E-state index is 0.500. The number of aromatic nitrogens is 1. The number of anilines is 1. The Morgan fingerprint density at radius 3 is 2.31 bits per heavy atom. The van der Waals surface area contributed by atoms with Crippen LogP contribution in [0.2, 0.25) is 0 Å². The van der Waals surface area contributed by atoms with Crippen LogP contribution < -0.4 is 19.5 Å². The smallest absolute Gasteiger partial charge is 0.164 e. The van der Waals surface area contributed by atoms with Crippen LogP contribution >= 0.6 is 0 Å². The molecule has 2 heterocycles. The molecule has 0 radical (unpaired) electrons. The number of piperidine rings is 1. The van der Waals surface area contributed by atoms with Gasteiger partial charge in [-0.15, -0.1) is 0 Å². The van der Waals surface area contributed by atoms with Gasteiger partial charge in [0, 0.05) is 48.7 Å². The molecule has 184 valence electrons. The number of hydrogen-bond donors (Lipinski definition) is 1. The molecule has 0 spiro atoms. The van der Waals surface area contributed by atoms with Gasteiger partial charge in [0.2, 0.25) is 0 Å². The van der Waals surface area contributed by atoms with E-state index in [0.29, 0.717) is 12.0 Å². The second kappa shape index (κ2) is 10.6. The number of nitrogens with zero attached hydrogens (tertiary/aromatic N) is 2. The number of methoxy groups -OCH3 is 3. The maximum absolute atomic E-state index is 5.68.